The van der Waals surface area contributed by atoms with Crippen molar-refractivity contribution in [1.29, 1.82) is 5.26 Å². The third-order valence-corrected chi connectivity index (χ3v) is 7.28. The molecular weight excluding hydrogens is 438 g/mol. The van der Waals surface area contributed by atoms with Gasteiger partial charge in [0.25, 0.3) is 0 Å². The number of thiophene rings is 1. The lowest BCUT2D eigenvalue weighted by molar-refractivity contribution is 1.10. The van der Waals surface area contributed by atoms with Crippen LogP contribution in [-0.4, -0.2) is 6.26 Å². The van der Waals surface area contributed by atoms with Gasteiger partial charge >= 0.3 is 0 Å². The molecule has 1 aromatic carbocycles. The largest absolute Gasteiger partial charge is 0.193 e. The molecule has 0 spiro atoms. The van der Waals surface area contributed by atoms with Crippen molar-refractivity contribution in [2.75, 3.05) is 6.26 Å². The van der Waals surface area contributed by atoms with E-state index >= 15 is 0 Å². The Morgan fingerprint density at radius 2 is 1.82 bits per heavy atom. The minimum atomic E-state index is 0.705. The van der Waals surface area contributed by atoms with E-state index in [0.717, 1.165) is 6.42 Å². The highest BCUT2D eigenvalue weighted by Crippen LogP contribution is 2.35. The van der Waals surface area contributed by atoms with E-state index < -0.39 is 0 Å². The molecule has 2 aromatic rings. The first kappa shape index (κ1) is 26.5. The number of rotatable bonds is 9. The van der Waals surface area contributed by atoms with Crippen molar-refractivity contribution in [3.05, 3.63) is 106 Å². The highest BCUT2D eigenvalue weighted by Gasteiger charge is 2.09. The first-order valence-corrected chi connectivity index (χ1v) is 13.1. The lowest BCUT2D eigenvalue weighted by Crippen LogP contribution is -1.89. The average molecular weight is 472 g/mol. The zero-order chi connectivity index (χ0) is 24.2. The highest BCUT2D eigenvalue weighted by molar-refractivity contribution is 8.07. The predicted octanol–water partition coefficient (Wildman–Crippen LogP) is 9.77. The molecule has 0 saturated carbocycles. The summed E-state index contributed by atoms with van der Waals surface area (Å²) in [4.78, 5) is 3.73. The first-order valence-electron chi connectivity index (χ1n) is 11.1. The van der Waals surface area contributed by atoms with Gasteiger partial charge < -0.3 is 0 Å². The second-order valence-corrected chi connectivity index (χ2v) is 9.81. The fraction of sp³-hybridized carbons (Fsp3) is 0.233. The summed E-state index contributed by atoms with van der Waals surface area (Å²) >= 11 is 3.55. The van der Waals surface area contributed by atoms with E-state index in [2.05, 4.69) is 101 Å². The van der Waals surface area contributed by atoms with Crippen LogP contribution in [0.25, 0.3) is 21.4 Å². The van der Waals surface area contributed by atoms with Crippen LogP contribution in [0.3, 0.4) is 0 Å². The molecule has 0 atom stereocenters. The van der Waals surface area contributed by atoms with Crippen molar-refractivity contribution in [2.45, 2.75) is 41.0 Å². The van der Waals surface area contributed by atoms with Crippen LogP contribution in [0.4, 0.5) is 0 Å². The third kappa shape index (κ3) is 8.24. The second kappa shape index (κ2) is 13.7. The molecule has 0 aliphatic carbocycles. The van der Waals surface area contributed by atoms with Gasteiger partial charge in [0.2, 0.25) is 0 Å². The number of hydrogen-bond acceptors (Lipinski definition) is 3. The minimum absolute atomic E-state index is 0.705. The molecule has 170 valence electrons. The molecule has 0 aliphatic rings. The fourth-order valence-electron chi connectivity index (χ4n) is 3.15. The van der Waals surface area contributed by atoms with Gasteiger partial charge in [-0.1, -0.05) is 61.1 Å². The molecule has 0 aliphatic heterocycles. The summed E-state index contributed by atoms with van der Waals surface area (Å²) in [5.41, 5.74) is 7.15. The molecule has 1 aromatic heterocycles. The van der Waals surface area contributed by atoms with Gasteiger partial charge in [-0.3, -0.25) is 0 Å². The summed E-state index contributed by atoms with van der Waals surface area (Å²) in [5.74, 6) is 0. The second-order valence-electron chi connectivity index (χ2n) is 7.88. The molecule has 0 bridgehead atoms. The molecule has 1 nitrogen and oxygen atoms in total. The lowest BCUT2D eigenvalue weighted by atomic mass is 10.0. The average Bonchev–Trinajstić information content (AvgIpc) is 3.28. The van der Waals surface area contributed by atoms with Crippen molar-refractivity contribution in [3.63, 3.8) is 0 Å². The van der Waals surface area contributed by atoms with Crippen LogP contribution < -0.4 is 0 Å². The molecule has 0 fully saturated rings. The molecule has 1 heterocycles. The number of aryl methyl sites for hydroxylation is 1. The molecule has 0 amide bonds. The zero-order valence-electron chi connectivity index (χ0n) is 20.5. The number of nitrogens with zero attached hydrogens (tertiary/aromatic N) is 1. The van der Waals surface area contributed by atoms with E-state index in [9.17, 15) is 0 Å². The van der Waals surface area contributed by atoms with Crippen molar-refractivity contribution < 1.29 is 0 Å². The van der Waals surface area contributed by atoms with Crippen LogP contribution in [0.5, 0.6) is 0 Å². The van der Waals surface area contributed by atoms with Crippen LogP contribution in [0.2, 0.25) is 0 Å². The van der Waals surface area contributed by atoms with Gasteiger partial charge in [-0.2, -0.15) is 5.26 Å². The van der Waals surface area contributed by atoms with E-state index in [-0.39, 0.29) is 0 Å². The molecule has 33 heavy (non-hydrogen) atoms. The molecule has 0 N–H and O–H groups in total. The quantitative estimate of drug-likeness (QED) is 0.268. The van der Waals surface area contributed by atoms with Crippen LogP contribution in [0.1, 0.15) is 50.1 Å². The van der Waals surface area contributed by atoms with Crippen LogP contribution in [0, 0.1) is 18.3 Å². The number of nitriles is 1. The molecule has 0 radical (unpaired) electrons. The number of allylic oxidation sites excluding steroid dienone is 10. The first-order chi connectivity index (χ1) is 15.9. The Kier molecular flexibility index (Phi) is 11.0. The Morgan fingerprint density at radius 3 is 2.48 bits per heavy atom. The van der Waals surface area contributed by atoms with E-state index in [1.807, 2.05) is 25.2 Å². The summed E-state index contributed by atoms with van der Waals surface area (Å²) in [6, 6.07) is 13.2. The van der Waals surface area contributed by atoms with E-state index in [1.54, 1.807) is 23.1 Å². The highest BCUT2D eigenvalue weighted by atomic mass is 32.2. The predicted molar refractivity (Wildman–Crippen MR) is 151 cm³/mol. The van der Waals surface area contributed by atoms with Gasteiger partial charge in [-0.05, 0) is 93.0 Å². The van der Waals surface area contributed by atoms with Crippen molar-refractivity contribution >= 4 is 34.1 Å². The summed E-state index contributed by atoms with van der Waals surface area (Å²) in [5, 5.41) is 8.85. The maximum absolute atomic E-state index is 8.85. The van der Waals surface area contributed by atoms with Gasteiger partial charge in [-0.25, -0.2) is 0 Å². The number of thioether (sulfide) groups is 1. The monoisotopic (exact) mass is 471 g/mol. The Morgan fingerprint density at radius 1 is 1.03 bits per heavy atom. The van der Waals surface area contributed by atoms with E-state index in [4.69, 9.17) is 5.26 Å². The molecule has 0 unspecified atom stereocenters. The van der Waals surface area contributed by atoms with Crippen molar-refractivity contribution in [2.24, 2.45) is 0 Å². The van der Waals surface area contributed by atoms with Crippen molar-refractivity contribution in [1.82, 2.24) is 0 Å². The standard InChI is InChI=1S/C30H33NS2/c1-7-22(2)12-9-8-10-14-24(4)30(32-6)28-18-16-26(20-25(28)5)29-19-17-27(33-29)15-11-13-23(3)21-31/h8-20H,7H2,1-6H3/b9-8+,14-10+,15-11+,22-12-,23-13-,30-24-. The Bertz CT molecular complexity index is 1170. The maximum Gasteiger partial charge on any atom is 0.0944 e. The van der Waals surface area contributed by atoms with Gasteiger partial charge in [0.05, 0.1) is 6.07 Å². The third-order valence-electron chi connectivity index (χ3n) is 5.23. The van der Waals surface area contributed by atoms with Gasteiger partial charge in [-0.15, -0.1) is 23.1 Å². The van der Waals surface area contributed by atoms with Crippen LogP contribution in [-0.2, 0) is 0 Å². The molecular formula is C30H33NS2. The Hall–Kier alpha value is -2.80. The summed E-state index contributed by atoms with van der Waals surface area (Å²) in [7, 11) is 0. The fourth-order valence-corrected chi connectivity index (χ4v) is 4.91. The van der Waals surface area contributed by atoms with E-state index in [1.165, 1.54) is 42.5 Å². The van der Waals surface area contributed by atoms with Crippen LogP contribution >= 0.6 is 23.1 Å². The molecule has 2 rings (SSSR count). The molecule has 3 heteroatoms. The van der Waals surface area contributed by atoms with Crippen molar-refractivity contribution in [3.8, 4) is 16.5 Å². The Balaban J connectivity index is 2.23. The lowest BCUT2D eigenvalue weighted by Gasteiger charge is -2.12. The Labute approximate surface area is 208 Å². The van der Waals surface area contributed by atoms with Gasteiger partial charge in [0.1, 0.15) is 0 Å². The summed E-state index contributed by atoms with van der Waals surface area (Å²) in [6.07, 6.45) is 19.7. The van der Waals surface area contributed by atoms with Gasteiger partial charge in [0.15, 0.2) is 0 Å². The van der Waals surface area contributed by atoms with Crippen LogP contribution in [0.15, 0.2) is 89.6 Å². The summed E-state index contributed by atoms with van der Waals surface area (Å²) < 4.78 is 0. The molecule has 0 saturated heterocycles. The topological polar surface area (TPSA) is 23.8 Å². The smallest absolute Gasteiger partial charge is 0.0944 e. The minimum Gasteiger partial charge on any atom is -0.193 e. The summed E-state index contributed by atoms with van der Waals surface area (Å²) in [6.45, 7) is 10.5. The van der Waals surface area contributed by atoms with E-state index in [0.29, 0.717) is 5.57 Å². The number of benzene rings is 1. The number of hydrogen-bond donors (Lipinski definition) is 0. The van der Waals surface area contributed by atoms with Gasteiger partial charge in [0, 0.05) is 20.2 Å². The maximum atomic E-state index is 8.85. The normalized spacial score (nSPS) is 13.8. The zero-order valence-corrected chi connectivity index (χ0v) is 22.1. The SMILES string of the molecule is CC\C(C)=C/C=C/C=C/C(C)=C(\SC)c1ccc(-c2ccc(/C=C/C=C(/C)C#N)s2)cc1C.